The molecule has 27 heavy (non-hydrogen) atoms. The average molecular weight is 419 g/mol. The Bertz CT molecular complexity index is 780. The second kappa shape index (κ2) is 8.51. The minimum atomic E-state index is -3.56. The van der Waals surface area contributed by atoms with Crippen LogP contribution >= 0.6 is 12.4 Å². The van der Waals surface area contributed by atoms with Crippen molar-refractivity contribution in [1.82, 2.24) is 19.1 Å². The summed E-state index contributed by atoms with van der Waals surface area (Å²) in [6, 6.07) is 1.82. The molecule has 0 radical (unpaired) electrons. The highest BCUT2D eigenvalue weighted by molar-refractivity contribution is 7.89. The Balaban J connectivity index is 0.00000261. The van der Waals surface area contributed by atoms with E-state index in [0.717, 1.165) is 19.4 Å². The van der Waals surface area contributed by atoms with Gasteiger partial charge < -0.3 is 14.8 Å². The summed E-state index contributed by atoms with van der Waals surface area (Å²) in [6.07, 6.45) is 3.51. The summed E-state index contributed by atoms with van der Waals surface area (Å²) in [4.78, 5) is 15.1. The van der Waals surface area contributed by atoms with Crippen LogP contribution in [-0.4, -0.2) is 66.4 Å². The number of piperazine rings is 1. The molecule has 1 aromatic rings. The second-order valence-electron chi connectivity index (χ2n) is 7.76. The number of rotatable bonds is 3. The predicted octanol–water partition coefficient (Wildman–Crippen LogP) is 1.69. The van der Waals surface area contributed by atoms with E-state index in [1.807, 2.05) is 11.8 Å². The first-order valence-corrected chi connectivity index (χ1v) is 10.9. The van der Waals surface area contributed by atoms with Gasteiger partial charge in [-0.15, -0.1) is 12.4 Å². The molecule has 0 bridgehead atoms. The Morgan fingerprint density at radius 2 is 1.93 bits per heavy atom. The van der Waals surface area contributed by atoms with Crippen LogP contribution in [0.4, 0.5) is 0 Å². The summed E-state index contributed by atoms with van der Waals surface area (Å²) in [6.45, 7) is 8.63. The molecule has 2 fully saturated rings. The zero-order valence-electron chi connectivity index (χ0n) is 16.5. The van der Waals surface area contributed by atoms with E-state index in [9.17, 15) is 13.2 Å². The number of halogens is 1. The number of sulfonamides is 1. The largest absolute Gasteiger partial charge is 0.345 e. The van der Waals surface area contributed by atoms with Crippen molar-refractivity contribution in [3.05, 3.63) is 18.0 Å². The molecular formula is C18H31ClN4O3S. The molecule has 7 nitrogen and oxygen atoms in total. The van der Waals surface area contributed by atoms with Gasteiger partial charge >= 0.3 is 0 Å². The van der Waals surface area contributed by atoms with Gasteiger partial charge in [0.05, 0.1) is 0 Å². The quantitative estimate of drug-likeness (QED) is 0.810. The zero-order chi connectivity index (χ0) is 19.1. The van der Waals surface area contributed by atoms with Crippen molar-refractivity contribution < 1.29 is 13.2 Å². The Hall–Kier alpha value is -1.09. The molecule has 0 aromatic carbocycles. The zero-order valence-corrected chi connectivity index (χ0v) is 18.1. The summed E-state index contributed by atoms with van der Waals surface area (Å²) < 4.78 is 29.2. The smallest absolute Gasteiger partial charge is 0.270 e. The minimum Gasteiger partial charge on any atom is -0.345 e. The monoisotopic (exact) mass is 418 g/mol. The summed E-state index contributed by atoms with van der Waals surface area (Å²) >= 11 is 0. The van der Waals surface area contributed by atoms with Crippen LogP contribution in [0.25, 0.3) is 0 Å². The molecular weight excluding hydrogens is 388 g/mol. The number of amides is 1. The summed E-state index contributed by atoms with van der Waals surface area (Å²) in [5.41, 5.74) is 0.426. The maximum Gasteiger partial charge on any atom is 0.270 e. The van der Waals surface area contributed by atoms with Crippen LogP contribution in [0.1, 0.15) is 44.1 Å². The van der Waals surface area contributed by atoms with Crippen LogP contribution in [0.3, 0.4) is 0 Å². The molecule has 2 aliphatic rings. The van der Waals surface area contributed by atoms with Crippen molar-refractivity contribution in [3.63, 3.8) is 0 Å². The van der Waals surface area contributed by atoms with Crippen molar-refractivity contribution in [2.24, 2.45) is 13.0 Å². The predicted molar refractivity (Wildman–Crippen MR) is 108 cm³/mol. The SMILES string of the molecule is CC1CCCN(S(=O)(=O)c2cc(C(=O)N3CCNC(C)C3C)n(C)c2)C1.Cl. The first-order valence-electron chi connectivity index (χ1n) is 9.42. The highest BCUT2D eigenvalue weighted by atomic mass is 35.5. The fraction of sp³-hybridized carbons (Fsp3) is 0.722. The topological polar surface area (TPSA) is 74.7 Å². The fourth-order valence-electron chi connectivity index (χ4n) is 3.89. The van der Waals surface area contributed by atoms with Gasteiger partial charge in [0.2, 0.25) is 10.0 Å². The van der Waals surface area contributed by atoms with Crippen LogP contribution in [0.15, 0.2) is 17.2 Å². The Morgan fingerprint density at radius 3 is 2.59 bits per heavy atom. The van der Waals surface area contributed by atoms with E-state index in [2.05, 4.69) is 19.2 Å². The van der Waals surface area contributed by atoms with Crippen molar-refractivity contribution >= 4 is 28.3 Å². The third-order valence-electron chi connectivity index (χ3n) is 5.75. The molecule has 0 saturated carbocycles. The number of hydrogen-bond acceptors (Lipinski definition) is 4. The van der Waals surface area contributed by atoms with Crippen LogP contribution in [0.5, 0.6) is 0 Å². The van der Waals surface area contributed by atoms with Gasteiger partial charge in [-0.2, -0.15) is 4.31 Å². The van der Waals surface area contributed by atoms with E-state index in [0.29, 0.717) is 31.2 Å². The fourth-order valence-corrected chi connectivity index (χ4v) is 5.56. The first-order chi connectivity index (χ1) is 12.2. The summed E-state index contributed by atoms with van der Waals surface area (Å²) in [5, 5.41) is 3.36. The third kappa shape index (κ3) is 4.34. The number of nitrogens with one attached hydrogen (secondary N) is 1. The third-order valence-corrected chi connectivity index (χ3v) is 7.58. The molecule has 0 spiro atoms. The van der Waals surface area contributed by atoms with Gasteiger partial charge in [0.1, 0.15) is 10.6 Å². The highest BCUT2D eigenvalue weighted by Gasteiger charge is 2.33. The van der Waals surface area contributed by atoms with Gasteiger partial charge in [-0.1, -0.05) is 6.92 Å². The molecule has 1 N–H and O–H groups in total. The Kier molecular flexibility index (Phi) is 7.00. The minimum absolute atomic E-state index is 0. The molecule has 1 amide bonds. The lowest BCUT2D eigenvalue weighted by Crippen LogP contribution is -2.57. The number of piperidine rings is 1. The normalized spacial score (nSPS) is 27.3. The van der Waals surface area contributed by atoms with E-state index < -0.39 is 10.0 Å². The standard InChI is InChI=1S/C18H30N4O3S.ClH/c1-13-6-5-8-21(11-13)26(24,25)16-10-17(20(4)12-16)18(23)22-9-7-19-14(2)15(22)3;/h10,12-15,19H,5-9,11H2,1-4H3;1H. The lowest BCUT2D eigenvalue weighted by molar-refractivity contribution is 0.0593. The summed E-state index contributed by atoms with van der Waals surface area (Å²) in [7, 11) is -1.82. The van der Waals surface area contributed by atoms with Gasteiger partial charge in [0, 0.05) is 51.5 Å². The molecule has 3 atom stereocenters. The lowest BCUT2D eigenvalue weighted by atomic mass is 10.0. The van der Waals surface area contributed by atoms with E-state index in [4.69, 9.17) is 0 Å². The maximum absolute atomic E-state index is 13.0. The van der Waals surface area contributed by atoms with Gasteiger partial charge in [-0.3, -0.25) is 4.79 Å². The van der Waals surface area contributed by atoms with Crippen LogP contribution in [-0.2, 0) is 17.1 Å². The first kappa shape index (κ1) is 22.2. The van der Waals surface area contributed by atoms with Gasteiger partial charge in [-0.05, 0) is 38.7 Å². The molecule has 3 heterocycles. The molecule has 1 aromatic heterocycles. The van der Waals surface area contributed by atoms with Crippen LogP contribution < -0.4 is 5.32 Å². The second-order valence-corrected chi connectivity index (χ2v) is 9.70. The molecule has 3 unspecified atom stereocenters. The van der Waals surface area contributed by atoms with Gasteiger partial charge in [-0.25, -0.2) is 8.42 Å². The number of aromatic nitrogens is 1. The molecule has 3 rings (SSSR count). The van der Waals surface area contributed by atoms with E-state index in [-0.39, 0.29) is 35.3 Å². The number of carbonyl (C=O) groups excluding carboxylic acids is 1. The van der Waals surface area contributed by atoms with Gasteiger partial charge in [0.25, 0.3) is 5.91 Å². The molecule has 9 heteroatoms. The Labute approximate surface area is 168 Å². The van der Waals surface area contributed by atoms with Crippen LogP contribution in [0.2, 0.25) is 0 Å². The molecule has 0 aliphatic carbocycles. The molecule has 2 aliphatic heterocycles. The Morgan fingerprint density at radius 1 is 1.22 bits per heavy atom. The molecule has 2 saturated heterocycles. The van der Waals surface area contributed by atoms with Crippen LogP contribution in [0, 0.1) is 5.92 Å². The lowest BCUT2D eigenvalue weighted by Gasteiger charge is -2.38. The van der Waals surface area contributed by atoms with Gasteiger partial charge in [0.15, 0.2) is 0 Å². The van der Waals surface area contributed by atoms with Crippen molar-refractivity contribution in [3.8, 4) is 0 Å². The molecule has 154 valence electrons. The van der Waals surface area contributed by atoms with Crippen molar-refractivity contribution in [1.29, 1.82) is 0 Å². The highest BCUT2D eigenvalue weighted by Crippen LogP contribution is 2.25. The van der Waals surface area contributed by atoms with E-state index in [1.54, 1.807) is 22.1 Å². The number of hydrogen-bond donors (Lipinski definition) is 1. The number of carbonyl (C=O) groups is 1. The maximum atomic E-state index is 13.0. The van der Waals surface area contributed by atoms with E-state index in [1.165, 1.54) is 6.07 Å². The number of nitrogens with zero attached hydrogens (tertiary/aromatic N) is 3. The number of aryl methyl sites for hydroxylation is 1. The average Bonchev–Trinajstić information content (AvgIpc) is 2.99. The van der Waals surface area contributed by atoms with E-state index >= 15 is 0 Å². The van der Waals surface area contributed by atoms with Crippen molar-refractivity contribution in [2.45, 2.75) is 50.6 Å². The summed E-state index contributed by atoms with van der Waals surface area (Å²) in [5.74, 6) is 0.258. The van der Waals surface area contributed by atoms with Crippen molar-refractivity contribution in [2.75, 3.05) is 26.2 Å².